The molecule has 0 aromatic heterocycles. The second-order valence-corrected chi connectivity index (χ2v) is 5.70. The van der Waals surface area contributed by atoms with E-state index < -0.39 is 0 Å². The standard InChI is InChI=1S/C12H18O/c1-2-13-11-7-3-8-4-9-5-10(11)12(8,9)6-7/h7-11H,2-6H2,1H3. The highest BCUT2D eigenvalue weighted by molar-refractivity contribution is 5.25. The topological polar surface area (TPSA) is 9.23 Å². The maximum absolute atomic E-state index is 5.93. The number of rotatable bonds is 2. The molecular formula is C12H18O. The van der Waals surface area contributed by atoms with Gasteiger partial charge in [0.05, 0.1) is 6.10 Å². The van der Waals surface area contributed by atoms with Crippen LogP contribution in [0.5, 0.6) is 0 Å². The smallest absolute Gasteiger partial charge is 0.0637 e. The van der Waals surface area contributed by atoms with Crippen LogP contribution >= 0.6 is 0 Å². The van der Waals surface area contributed by atoms with Gasteiger partial charge in [-0.1, -0.05) is 0 Å². The van der Waals surface area contributed by atoms with E-state index in [4.69, 9.17) is 4.74 Å². The van der Waals surface area contributed by atoms with Crippen LogP contribution in [0.2, 0.25) is 0 Å². The Kier molecular flexibility index (Phi) is 1.11. The van der Waals surface area contributed by atoms with E-state index in [-0.39, 0.29) is 0 Å². The summed E-state index contributed by atoms with van der Waals surface area (Å²) in [5.41, 5.74) is 0.852. The summed E-state index contributed by atoms with van der Waals surface area (Å²) in [7, 11) is 0. The molecule has 13 heavy (non-hydrogen) atoms. The minimum Gasteiger partial charge on any atom is -0.378 e. The first-order valence-electron chi connectivity index (χ1n) is 5.98. The molecule has 4 rings (SSSR count). The molecule has 6 unspecified atom stereocenters. The van der Waals surface area contributed by atoms with E-state index in [1.807, 2.05) is 0 Å². The second-order valence-electron chi connectivity index (χ2n) is 5.70. The first kappa shape index (κ1) is 7.28. The minimum atomic E-state index is 0.679. The third-order valence-corrected chi connectivity index (χ3v) is 5.74. The van der Waals surface area contributed by atoms with Gasteiger partial charge in [-0.15, -0.1) is 0 Å². The zero-order valence-electron chi connectivity index (χ0n) is 8.33. The van der Waals surface area contributed by atoms with Crippen LogP contribution in [-0.4, -0.2) is 12.7 Å². The van der Waals surface area contributed by atoms with Gasteiger partial charge in [-0.05, 0) is 61.7 Å². The Hall–Kier alpha value is -0.0400. The van der Waals surface area contributed by atoms with Gasteiger partial charge in [0.2, 0.25) is 0 Å². The molecule has 72 valence electrons. The average molecular weight is 178 g/mol. The largest absolute Gasteiger partial charge is 0.378 e. The Morgan fingerprint density at radius 3 is 2.77 bits per heavy atom. The summed E-state index contributed by atoms with van der Waals surface area (Å²) >= 11 is 0. The van der Waals surface area contributed by atoms with Crippen molar-refractivity contribution < 1.29 is 4.74 Å². The molecule has 4 saturated carbocycles. The fourth-order valence-corrected chi connectivity index (χ4v) is 5.41. The van der Waals surface area contributed by atoms with E-state index in [9.17, 15) is 0 Å². The van der Waals surface area contributed by atoms with Gasteiger partial charge in [0.1, 0.15) is 0 Å². The van der Waals surface area contributed by atoms with Crippen LogP contribution in [0.3, 0.4) is 0 Å². The second kappa shape index (κ2) is 1.98. The molecule has 0 saturated heterocycles. The third kappa shape index (κ3) is 0.562. The Morgan fingerprint density at radius 2 is 2.08 bits per heavy atom. The van der Waals surface area contributed by atoms with Crippen molar-refractivity contribution in [3.8, 4) is 0 Å². The lowest BCUT2D eigenvalue weighted by atomic mass is 9.38. The average Bonchev–Trinajstić information content (AvgIpc) is 2.56. The lowest BCUT2D eigenvalue weighted by molar-refractivity contribution is -0.215. The SMILES string of the molecule is CCOC1C2CC3CC4CC1C34C2. The summed E-state index contributed by atoms with van der Waals surface area (Å²) in [6, 6.07) is 0. The van der Waals surface area contributed by atoms with Gasteiger partial charge in [-0.25, -0.2) is 0 Å². The van der Waals surface area contributed by atoms with Crippen LogP contribution in [0.15, 0.2) is 0 Å². The van der Waals surface area contributed by atoms with Crippen molar-refractivity contribution in [2.75, 3.05) is 6.61 Å². The van der Waals surface area contributed by atoms with Gasteiger partial charge in [-0.3, -0.25) is 0 Å². The lowest BCUT2D eigenvalue weighted by Crippen LogP contribution is -2.62. The normalized spacial score (nSPS) is 65.8. The summed E-state index contributed by atoms with van der Waals surface area (Å²) in [5, 5.41) is 0. The van der Waals surface area contributed by atoms with Crippen molar-refractivity contribution >= 4 is 0 Å². The summed E-state index contributed by atoms with van der Waals surface area (Å²) in [6.45, 7) is 3.08. The highest BCUT2D eigenvalue weighted by Gasteiger charge is 2.76. The Balaban J connectivity index is 1.67. The first-order chi connectivity index (χ1) is 6.36. The Morgan fingerprint density at radius 1 is 1.23 bits per heavy atom. The molecule has 4 fully saturated rings. The maximum Gasteiger partial charge on any atom is 0.0637 e. The molecule has 0 radical (unpaired) electrons. The maximum atomic E-state index is 5.93. The van der Waals surface area contributed by atoms with Crippen molar-refractivity contribution in [3.05, 3.63) is 0 Å². The predicted octanol–water partition coefficient (Wildman–Crippen LogP) is 2.46. The number of hydrogen-bond donors (Lipinski definition) is 0. The van der Waals surface area contributed by atoms with Crippen molar-refractivity contribution in [2.45, 2.75) is 38.7 Å². The highest BCUT2D eigenvalue weighted by atomic mass is 16.5. The molecule has 6 atom stereocenters. The third-order valence-electron chi connectivity index (χ3n) is 5.74. The predicted molar refractivity (Wildman–Crippen MR) is 50.3 cm³/mol. The molecule has 0 aliphatic heterocycles. The Labute approximate surface area is 79.8 Å². The van der Waals surface area contributed by atoms with Crippen LogP contribution in [0.4, 0.5) is 0 Å². The van der Waals surface area contributed by atoms with E-state index in [0.717, 1.165) is 35.7 Å². The molecular weight excluding hydrogens is 160 g/mol. The highest BCUT2D eigenvalue weighted by Crippen LogP contribution is 2.81. The molecule has 1 nitrogen and oxygen atoms in total. The molecule has 0 aromatic rings. The van der Waals surface area contributed by atoms with Gasteiger partial charge in [0.15, 0.2) is 0 Å². The van der Waals surface area contributed by atoms with Crippen molar-refractivity contribution in [2.24, 2.45) is 29.1 Å². The van der Waals surface area contributed by atoms with Crippen LogP contribution in [0.1, 0.15) is 32.6 Å². The molecule has 0 aromatic carbocycles. The van der Waals surface area contributed by atoms with Crippen LogP contribution in [0, 0.1) is 29.1 Å². The van der Waals surface area contributed by atoms with E-state index in [1.165, 1.54) is 19.3 Å². The fourth-order valence-electron chi connectivity index (χ4n) is 5.41. The molecule has 4 aliphatic carbocycles. The summed E-state index contributed by atoms with van der Waals surface area (Å²) in [6.07, 6.45) is 6.82. The van der Waals surface area contributed by atoms with Crippen LogP contribution < -0.4 is 0 Å². The van der Waals surface area contributed by atoms with Crippen molar-refractivity contribution in [3.63, 3.8) is 0 Å². The summed E-state index contributed by atoms with van der Waals surface area (Å²) < 4.78 is 5.93. The first-order valence-corrected chi connectivity index (χ1v) is 5.98. The summed E-state index contributed by atoms with van der Waals surface area (Å²) in [5.74, 6) is 4.23. The van der Waals surface area contributed by atoms with Crippen molar-refractivity contribution in [1.29, 1.82) is 0 Å². The lowest BCUT2D eigenvalue weighted by Gasteiger charge is -2.67. The van der Waals surface area contributed by atoms with E-state index in [0.29, 0.717) is 6.10 Å². The van der Waals surface area contributed by atoms with Gasteiger partial charge in [0.25, 0.3) is 0 Å². The van der Waals surface area contributed by atoms with Gasteiger partial charge in [-0.2, -0.15) is 0 Å². The quantitative estimate of drug-likeness (QED) is 0.631. The van der Waals surface area contributed by atoms with E-state index in [2.05, 4.69) is 6.92 Å². The molecule has 0 amide bonds. The monoisotopic (exact) mass is 178 g/mol. The summed E-state index contributed by atoms with van der Waals surface area (Å²) in [4.78, 5) is 0. The van der Waals surface area contributed by atoms with E-state index in [1.54, 1.807) is 6.42 Å². The number of hydrogen-bond acceptors (Lipinski definition) is 1. The molecule has 2 bridgehead atoms. The molecule has 1 spiro atoms. The number of ether oxygens (including phenoxy) is 1. The minimum absolute atomic E-state index is 0.679. The number of fused-ring (bicyclic) bond motifs is 1. The zero-order chi connectivity index (χ0) is 8.63. The molecule has 0 heterocycles. The Bertz CT molecular complexity index is 260. The molecule has 4 aliphatic rings. The van der Waals surface area contributed by atoms with Gasteiger partial charge >= 0.3 is 0 Å². The zero-order valence-corrected chi connectivity index (χ0v) is 8.33. The molecule has 0 N–H and O–H groups in total. The van der Waals surface area contributed by atoms with Gasteiger partial charge in [0, 0.05) is 6.61 Å². The molecule has 1 heteroatoms. The van der Waals surface area contributed by atoms with Crippen LogP contribution in [0.25, 0.3) is 0 Å². The van der Waals surface area contributed by atoms with Gasteiger partial charge < -0.3 is 4.74 Å². The fraction of sp³-hybridized carbons (Fsp3) is 1.00. The van der Waals surface area contributed by atoms with Crippen molar-refractivity contribution in [1.82, 2.24) is 0 Å². The van der Waals surface area contributed by atoms with Crippen LogP contribution in [-0.2, 0) is 4.74 Å². The van der Waals surface area contributed by atoms with E-state index >= 15 is 0 Å².